The lowest BCUT2D eigenvalue weighted by atomic mass is 10.1. The molecule has 192 valence electrons. The van der Waals surface area contributed by atoms with Crippen LogP contribution in [0.1, 0.15) is 44.0 Å². The van der Waals surface area contributed by atoms with Gasteiger partial charge in [-0.1, -0.05) is 6.08 Å². The molecule has 0 radical (unpaired) electrons. The Kier molecular flexibility index (Phi) is 10.1. The SMILES string of the molecule is C=CC(CN(C)c1ccc(C(=O)N=NC(CCC(C)=O)C(=O)N=O)cc1)NC1=C(C)NC(C)N=C1N. The van der Waals surface area contributed by atoms with Crippen molar-refractivity contribution in [3.05, 3.63) is 58.8 Å². The van der Waals surface area contributed by atoms with E-state index >= 15 is 0 Å². The lowest BCUT2D eigenvalue weighted by Gasteiger charge is -2.29. The Morgan fingerprint density at radius 1 is 1.31 bits per heavy atom. The number of nitroso groups, excluding NO2 is 1. The third-order valence-electron chi connectivity index (χ3n) is 5.46. The predicted octanol–water partition coefficient (Wildman–Crippen LogP) is 2.43. The van der Waals surface area contributed by atoms with Crippen molar-refractivity contribution in [2.75, 3.05) is 18.5 Å². The molecule has 2 amide bonds. The number of carbonyl (C=O) groups excluding carboxylic acids is 3. The molecule has 0 saturated carbocycles. The van der Waals surface area contributed by atoms with E-state index in [-0.39, 0.29) is 36.4 Å². The first kappa shape index (κ1) is 28.0. The molecule has 36 heavy (non-hydrogen) atoms. The number of hydrogen-bond acceptors (Lipinski definition) is 10. The van der Waals surface area contributed by atoms with Crippen molar-refractivity contribution in [1.82, 2.24) is 10.6 Å². The number of nitrogens with one attached hydrogen (secondary N) is 2. The molecular weight excluding hydrogens is 464 g/mol. The molecule has 0 saturated heterocycles. The van der Waals surface area contributed by atoms with Gasteiger partial charge in [-0.2, -0.15) is 5.11 Å². The monoisotopic (exact) mass is 496 g/mol. The van der Waals surface area contributed by atoms with Crippen molar-refractivity contribution in [2.45, 2.75) is 51.9 Å². The molecule has 0 bridgehead atoms. The number of amidine groups is 1. The number of aliphatic imine (C=N–C) groups is 1. The van der Waals surface area contributed by atoms with E-state index in [0.717, 1.165) is 17.1 Å². The van der Waals surface area contributed by atoms with Crippen LogP contribution in [0.2, 0.25) is 0 Å². The van der Waals surface area contributed by atoms with Crippen LogP contribution in [0.25, 0.3) is 0 Å². The number of azo groups is 1. The Balaban J connectivity index is 2.04. The highest BCUT2D eigenvalue weighted by Crippen LogP contribution is 2.17. The average molecular weight is 497 g/mol. The molecule has 2 rings (SSSR count). The molecule has 0 fully saturated rings. The molecule has 0 aliphatic carbocycles. The number of nitrogens with two attached hydrogens (primary N) is 1. The highest BCUT2D eigenvalue weighted by Gasteiger charge is 2.21. The van der Waals surface area contributed by atoms with Gasteiger partial charge < -0.3 is 26.1 Å². The molecule has 3 unspecified atom stereocenters. The maximum atomic E-state index is 12.4. The second-order valence-corrected chi connectivity index (χ2v) is 8.46. The van der Waals surface area contributed by atoms with Gasteiger partial charge in [-0.15, -0.1) is 16.6 Å². The average Bonchev–Trinajstić information content (AvgIpc) is 2.84. The van der Waals surface area contributed by atoms with Crippen LogP contribution in [0.4, 0.5) is 5.69 Å². The van der Waals surface area contributed by atoms with Gasteiger partial charge in [0.05, 0.1) is 11.7 Å². The molecule has 3 atom stereocenters. The van der Waals surface area contributed by atoms with Crippen LogP contribution in [0.3, 0.4) is 0 Å². The summed E-state index contributed by atoms with van der Waals surface area (Å²) >= 11 is 0. The van der Waals surface area contributed by atoms with Crippen molar-refractivity contribution < 1.29 is 14.4 Å². The van der Waals surface area contributed by atoms with Crippen molar-refractivity contribution in [3.8, 4) is 0 Å². The number of likely N-dealkylation sites (N-methyl/N-ethyl adjacent to an activating group) is 1. The Hall–Kier alpha value is -4.22. The largest absolute Gasteiger partial charge is 0.382 e. The summed E-state index contributed by atoms with van der Waals surface area (Å²) in [4.78, 5) is 52.0. The lowest BCUT2D eigenvalue weighted by molar-refractivity contribution is -0.120. The van der Waals surface area contributed by atoms with Gasteiger partial charge in [-0.25, -0.2) is 4.99 Å². The van der Waals surface area contributed by atoms with Crippen LogP contribution in [0.15, 0.2) is 68.7 Å². The Morgan fingerprint density at radius 3 is 2.53 bits per heavy atom. The third kappa shape index (κ3) is 7.93. The fraction of sp³-hybridized carbons (Fsp3) is 0.417. The molecule has 1 aliphatic rings. The minimum atomic E-state index is -1.26. The van der Waals surface area contributed by atoms with E-state index in [1.54, 1.807) is 30.3 Å². The Labute approximate surface area is 209 Å². The number of amides is 2. The zero-order valence-corrected chi connectivity index (χ0v) is 20.9. The van der Waals surface area contributed by atoms with E-state index < -0.39 is 17.9 Å². The van der Waals surface area contributed by atoms with Gasteiger partial charge in [0.15, 0.2) is 6.04 Å². The zero-order valence-electron chi connectivity index (χ0n) is 20.9. The van der Waals surface area contributed by atoms with Crippen LogP contribution in [-0.4, -0.2) is 55.3 Å². The normalized spacial score (nSPS) is 17.0. The van der Waals surface area contributed by atoms with E-state index in [0.29, 0.717) is 12.4 Å². The quantitative estimate of drug-likeness (QED) is 0.225. The van der Waals surface area contributed by atoms with Gasteiger partial charge in [-0.05, 0) is 51.5 Å². The first-order chi connectivity index (χ1) is 17.0. The molecule has 1 aromatic rings. The van der Waals surface area contributed by atoms with E-state index in [2.05, 4.69) is 37.6 Å². The Bertz CT molecular complexity index is 1090. The highest BCUT2D eigenvalue weighted by atomic mass is 16.3. The fourth-order valence-electron chi connectivity index (χ4n) is 3.50. The molecule has 12 nitrogen and oxygen atoms in total. The number of allylic oxidation sites excluding steroid dienone is 1. The van der Waals surface area contributed by atoms with Crippen molar-refractivity contribution in [2.24, 2.45) is 26.1 Å². The summed E-state index contributed by atoms with van der Waals surface area (Å²) in [5, 5.41) is 16.1. The van der Waals surface area contributed by atoms with E-state index in [9.17, 15) is 19.3 Å². The molecule has 12 heteroatoms. The number of ketones is 1. The van der Waals surface area contributed by atoms with E-state index in [1.165, 1.54) is 6.92 Å². The third-order valence-corrected chi connectivity index (χ3v) is 5.46. The standard InChI is InChI=1S/C24H32N8O4/c1-6-18(28-21-15(3)26-16(4)27-22(21)25)13-32(5)19-10-8-17(9-11-19)23(34)30-29-20(24(35)31-36)12-7-14(2)33/h6,8-11,16,18,20,26,28H,1,7,12-13H2,2-5H3,(H2,25,27). The topological polar surface area (TPSA) is 171 Å². The number of hydrogen-bond donors (Lipinski definition) is 3. The maximum Gasteiger partial charge on any atom is 0.312 e. The molecular formula is C24H32N8O4. The van der Waals surface area contributed by atoms with E-state index in [4.69, 9.17) is 5.73 Å². The second kappa shape index (κ2) is 13.0. The zero-order chi connectivity index (χ0) is 26.8. The summed E-state index contributed by atoms with van der Waals surface area (Å²) < 4.78 is 0. The van der Waals surface area contributed by atoms with Crippen molar-refractivity contribution >= 4 is 29.1 Å². The lowest BCUT2D eigenvalue weighted by Crippen LogP contribution is -2.45. The fourth-order valence-corrected chi connectivity index (χ4v) is 3.50. The second-order valence-electron chi connectivity index (χ2n) is 8.46. The van der Waals surface area contributed by atoms with Crippen LogP contribution >= 0.6 is 0 Å². The molecule has 1 heterocycles. The van der Waals surface area contributed by atoms with Crippen LogP contribution < -0.4 is 21.3 Å². The van der Waals surface area contributed by atoms with Gasteiger partial charge in [0.1, 0.15) is 17.8 Å². The van der Waals surface area contributed by atoms with Gasteiger partial charge >= 0.3 is 5.91 Å². The summed E-state index contributed by atoms with van der Waals surface area (Å²) in [7, 11) is 1.90. The number of rotatable bonds is 12. The Morgan fingerprint density at radius 2 is 1.97 bits per heavy atom. The van der Waals surface area contributed by atoms with Gasteiger partial charge in [0.25, 0.3) is 5.91 Å². The number of benzene rings is 1. The molecule has 1 aliphatic heterocycles. The van der Waals surface area contributed by atoms with Crippen LogP contribution in [0.5, 0.6) is 0 Å². The first-order valence-electron chi connectivity index (χ1n) is 11.4. The van der Waals surface area contributed by atoms with Crippen LogP contribution in [-0.2, 0) is 9.59 Å². The van der Waals surface area contributed by atoms with Gasteiger partial charge in [0.2, 0.25) is 0 Å². The maximum absolute atomic E-state index is 12.4. The number of carbonyl (C=O) groups is 3. The van der Waals surface area contributed by atoms with Crippen molar-refractivity contribution in [3.63, 3.8) is 0 Å². The molecule has 1 aromatic carbocycles. The first-order valence-corrected chi connectivity index (χ1v) is 11.4. The summed E-state index contributed by atoms with van der Waals surface area (Å²) in [6.45, 7) is 9.64. The highest BCUT2D eigenvalue weighted by molar-refractivity contribution is 5.98. The minimum absolute atomic E-state index is 0.0204. The van der Waals surface area contributed by atoms with Crippen LogP contribution in [0, 0.1) is 4.91 Å². The summed E-state index contributed by atoms with van der Waals surface area (Å²) in [6, 6.07) is 5.26. The summed E-state index contributed by atoms with van der Waals surface area (Å²) in [5.41, 5.74) is 8.79. The van der Waals surface area contributed by atoms with Crippen molar-refractivity contribution in [1.29, 1.82) is 0 Å². The predicted molar refractivity (Wildman–Crippen MR) is 137 cm³/mol. The minimum Gasteiger partial charge on any atom is -0.382 e. The molecule has 0 aromatic heterocycles. The molecule has 4 N–H and O–H groups in total. The summed E-state index contributed by atoms with van der Waals surface area (Å²) in [6.07, 6.45) is 1.67. The smallest absolute Gasteiger partial charge is 0.312 e. The number of anilines is 1. The molecule has 0 spiro atoms. The van der Waals surface area contributed by atoms with E-state index in [1.807, 2.05) is 25.8 Å². The summed E-state index contributed by atoms with van der Waals surface area (Å²) in [5.74, 6) is -1.51. The number of nitrogens with zero attached hydrogens (tertiary/aromatic N) is 5. The van der Waals surface area contributed by atoms with Gasteiger partial charge in [-0.3, -0.25) is 9.59 Å². The number of Topliss-reactive ketones (excluding diaryl/α,β-unsaturated/α-hetero) is 1. The van der Waals surface area contributed by atoms with Gasteiger partial charge in [0, 0.05) is 42.1 Å².